The summed E-state index contributed by atoms with van der Waals surface area (Å²) in [7, 11) is -3.36. The Morgan fingerprint density at radius 3 is 2.36 bits per heavy atom. The number of ketones is 1. The van der Waals surface area contributed by atoms with Gasteiger partial charge in [-0.2, -0.15) is 0 Å². The normalized spacial score (nSPS) is 26.2. The summed E-state index contributed by atoms with van der Waals surface area (Å²) >= 11 is 0. The van der Waals surface area contributed by atoms with Gasteiger partial charge in [-0.3, -0.25) is 14.3 Å². The molecule has 6 nitrogen and oxygen atoms in total. The zero-order valence-corrected chi connectivity index (χ0v) is 15.2. The van der Waals surface area contributed by atoms with Crippen LogP contribution in [-0.4, -0.2) is 32.5 Å². The molecule has 2 fully saturated rings. The van der Waals surface area contributed by atoms with Crippen molar-refractivity contribution in [3.63, 3.8) is 0 Å². The smallest absolute Gasteiger partial charge is 0.309 e. The molecule has 1 N–H and O–H groups in total. The Morgan fingerprint density at radius 1 is 1.16 bits per heavy atom. The number of carbonyl (C=O) groups excluding carboxylic acids is 2. The van der Waals surface area contributed by atoms with Gasteiger partial charge in [-0.1, -0.05) is 6.42 Å². The van der Waals surface area contributed by atoms with Crippen molar-refractivity contribution in [1.82, 2.24) is 0 Å². The third-order valence-electron chi connectivity index (χ3n) is 5.18. The Morgan fingerprint density at radius 2 is 1.84 bits per heavy atom. The van der Waals surface area contributed by atoms with E-state index >= 15 is 0 Å². The highest BCUT2D eigenvalue weighted by molar-refractivity contribution is 7.92. The van der Waals surface area contributed by atoms with Crippen molar-refractivity contribution in [2.45, 2.75) is 38.7 Å². The predicted octanol–water partition coefficient (Wildman–Crippen LogP) is 2.61. The Kier molecular flexibility index (Phi) is 4.86. The Labute approximate surface area is 148 Å². The Balaban J connectivity index is 1.59. The summed E-state index contributed by atoms with van der Waals surface area (Å²) in [6.07, 6.45) is 4.50. The van der Waals surface area contributed by atoms with E-state index in [-0.39, 0.29) is 17.7 Å². The summed E-state index contributed by atoms with van der Waals surface area (Å²) in [6, 6.07) is 6.08. The molecule has 0 unspecified atom stereocenters. The first kappa shape index (κ1) is 17.9. The van der Waals surface area contributed by atoms with E-state index in [1.165, 1.54) is 30.7 Å². The fourth-order valence-corrected chi connectivity index (χ4v) is 4.56. The molecule has 0 saturated heterocycles. The summed E-state index contributed by atoms with van der Waals surface area (Å²) < 4.78 is 30.1. The lowest BCUT2D eigenvalue weighted by molar-refractivity contribution is -0.153. The predicted molar refractivity (Wildman–Crippen MR) is 93.7 cm³/mol. The van der Waals surface area contributed by atoms with Crippen molar-refractivity contribution in [1.29, 1.82) is 0 Å². The second kappa shape index (κ2) is 6.78. The molecule has 2 aliphatic carbocycles. The van der Waals surface area contributed by atoms with E-state index < -0.39 is 16.1 Å². The molecule has 136 valence electrons. The third kappa shape index (κ3) is 4.21. The molecule has 1 aromatic carbocycles. The molecule has 0 aromatic heterocycles. The second-order valence-electron chi connectivity index (χ2n) is 7.18. The zero-order chi connectivity index (χ0) is 18.2. The van der Waals surface area contributed by atoms with Gasteiger partial charge in [0.2, 0.25) is 15.8 Å². The second-order valence-corrected chi connectivity index (χ2v) is 8.92. The fourth-order valence-electron chi connectivity index (χ4n) is 4.00. The highest BCUT2D eigenvalue weighted by Crippen LogP contribution is 2.48. The quantitative estimate of drug-likeness (QED) is 0.618. The first-order chi connectivity index (χ1) is 11.7. The van der Waals surface area contributed by atoms with Crippen LogP contribution in [-0.2, 0) is 19.6 Å². The number of benzene rings is 1. The minimum Gasteiger partial charge on any atom is -0.454 e. The highest BCUT2D eigenvalue weighted by Gasteiger charge is 2.44. The fraction of sp³-hybridized carbons (Fsp3) is 0.556. The van der Waals surface area contributed by atoms with Crippen LogP contribution in [0.2, 0.25) is 0 Å². The maximum absolute atomic E-state index is 12.4. The summed E-state index contributed by atoms with van der Waals surface area (Å²) in [5.41, 5.74) is 0.762. The topological polar surface area (TPSA) is 89.5 Å². The number of fused-ring (bicyclic) bond motifs is 2. The van der Waals surface area contributed by atoms with E-state index in [1.807, 2.05) is 0 Å². The van der Waals surface area contributed by atoms with Crippen LogP contribution in [0.4, 0.5) is 5.69 Å². The maximum Gasteiger partial charge on any atom is 0.309 e. The summed E-state index contributed by atoms with van der Waals surface area (Å²) in [5.74, 6) is 0.450. The van der Waals surface area contributed by atoms with E-state index in [4.69, 9.17) is 4.74 Å². The lowest BCUT2D eigenvalue weighted by atomic mass is 9.89. The molecule has 2 aliphatic rings. The van der Waals surface area contributed by atoms with Gasteiger partial charge in [0.25, 0.3) is 0 Å². The van der Waals surface area contributed by atoms with Crippen LogP contribution >= 0.6 is 0 Å². The Hall–Kier alpha value is -1.89. The molecule has 25 heavy (non-hydrogen) atoms. The molecule has 1 aromatic rings. The standard InChI is InChI=1S/C18H23NO5S/c1-11(24-18(21)16-10-12-3-4-14(16)9-12)17(20)13-5-7-15(8-6-13)19-25(2,22)23/h5-8,11-12,14,16,19H,3-4,9-10H2,1-2H3/t11-,12-,14-,16-/m0/s1. The number of carbonyl (C=O) groups is 2. The highest BCUT2D eigenvalue weighted by atomic mass is 32.2. The average Bonchev–Trinajstić information content (AvgIpc) is 3.16. The van der Waals surface area contributed by atoms with E-state index in [1.54, 1.807) is 6.92 Å². The molecule has 4 atom stereocenters. The number of nitrogens with one attached hydrogen (secondary N) is 1. The van der Waals surface area contributed by atoms with Crippen molar-refractivity contribution in [3.8, 4) is 0 Å². The number of ether oxygens (including phenoxy) is 1. The van der Waals surface area contributed by atoms with Gasteiger partial charge >= 0.3 is 5.97 Å². The monoisotopic (exact) mass is 365 g/mol. The van der Waals surface area contributed by atoms with Crippen LogP contribution in [0.1, 0.15) is 43.0 Å². The SMILES string of the molecule is C[C@H](OC(=O)[C@H]1C[C@H]2CC[C@H]1C2)C(=O)c1ccc(NS(C)(=O)=O)cc1. The molecule has 0 spiro atoms. The van der Waals surface area contributed by atoms with Crippen LogP contribution in [0.25, 0.3) is 0 Å². The molecule has 0 aliphatic heterocycles. The van der Waals surface area contributed by atoms with Crippen molar-refractivity contribution >= 4 is 27.5 Å². The van der Waals surface area contributed by atoms with Gasteiger partial charge in [-0.15, -0.1) is 0 Å². The molecule has 3 rings (SSSR count). The maximum atomic E-state index is 12.4. The molecule has 0 amide bonds. The van der Waals surface area contributed by atoms with Gasteiger partial charge in [0.1, 0.15) is 0 Å². The van der Waals surface area contributed by atoms with Gasteiger partial charge in [-0.05, 0) is 62.3 Å². The van der Waals surface area contributed by atoms with Crippen molar-refractivity contribution < 1.29 is 22.7 Å². The number of Topliss-reactive ketones (excluding diaryl/α,β-unsaturated/α-hetero) is 1. The Bertz CT molecular complexity index is 771. The molecule has 7 heteroatoms. The van der Waals surface area contributed by atoms with Gasteiger partial charge in [0, 0.05) is 11.3 Å². The van der Waals surface area contributed by atoms with Crippen LogP contribution in [0.15, 0.2) is 24.3 Å². The van der Waals surface area contributed by atoms with Crippen LogP contribution < -0.4 is 4.72 Å². The number of hydrogen-bond acceptors (Lipinski definition) is 5. The van der Waals surface area contributed by atoms with Crippen molar-refractivity contribution in [2.24, 2.45) is 17.8 Å². The molecule has 0 heterocycles. The number of rotatable bonds is 6. The summed E-state index contributed by atoms with van der Waals surface area (Å²) in [5, 5.41) is 0. The molecule has 2 bridgehead atoms. The van der Waals surface area contributed by atoms with E-state index in [0.29, 0.717) is 23.1 Å². The molecule has 2 saturated carbocycles. The lowest BCUT2D eigenvalue weighted by Crippen LogP contribution is -2.30. The number of sulfonamides is 1. The van der Waals surface area contributed by atoms with Crippen molar-refractivity contribution in [3.05, 3.63) is 29.8 Å². The van der Waals surface area contributed by atoms with Crippen LogP contribution in [0, 0.1) is 17.8 Å². The third-order valence-corrected chi connectivity index (χ3v) is 5.78. The number of hydrogen-bond donors (Lipinski definition) is 1. The average molecular weight is 365 g/mol. The summed E-state index contributed by atoms with van der Waals surface area (Å²) in [6.45, 7) is 1.58. The number of esters is 1. The van der Waals surface area contributed by atoms with Gasteiger partial charge in [0.15, 0.2) is 6.10 Å². The summed E-state index contributed by atoms with van der Waals surface area (Å²) in [4.78, 5) is 24.8. The number of anilines is 1. The minimum absolute atomic E-state index is 0.0599. The van der Waals surface area contributed by atoms with Gasteiger partial charge < -0.3 is 4.74 Å². The molecular formula is C18H23NO5S. The van der Waals surface area contributed by atoms with E-state index in [2.05, 4.69) is 4.72 Å². The van der Waals surface area contributed by atoms with E-state index in [9.17, 15) is 18.0 Å². The molecule has 0 radical (unpaired) electrons. The molecular weight excluding hydrogens is 342 g/mol. The first-order valence-corrected chi connectivity index (χ1v) is 10.4. The van der Waals surface area contributed by atoms with Gasteiger partial charge in [0.05, 0.1) is 12.2 Å². The van der Waals surface area contributed by atoms with Gasteiger partial charge in [-0.25, -0.2) is 8.42 Å². The first-order valence-electron chi connectivity index (χ1n) is 8.55. The van der Waals surface area contributed by atoms with Crippen LogP contribution in [0.5, 0.6) is 0 Å². The zero-order valence-electron chi connectivity index (χ0n) is 14.4. The van der Waals surface area contributed by atoms with Crippen molar-refractivity contribution in [2.75, 3.05) is 11.0 Å². The lowest BCUT2D eigenvalue weighted by Gasteiger charge is -2.22. The minimum atomic E-state index is -3.36. The van der Waals surface area contributed by atoms with E-state index in [0.717, 1.165) is 25.5 Å². The van der Waals surface area contributed by atoms with Crippen LogP contribution in [0.3, 0.4) is 0 Å². The largest absolute Gasteiger partial charge is 0.454 e.